The van der Waals surface area contributed by atoms with Crippen molar-refractivity contribution in [3.05, 3.63) is 58.3 Å². The van der Waals surface area contributed by atoms with Crippen LogP contribution in [-0.4, -0.2) is 29.0 Å². The van der Waals surface area contributed by atoms with Crippen molar-refractivity contribution in [2.75, 3.05) is 23.3 Å². The Hall–Kier alpha value is -2.63. The number of nitro groups is 1. The van der Waals surface area contributed by atoms with E-state index in [1.54, 1.807) is 19.2 Å². The normalized spacial score (nSPS) is 14.6. The SMILES string of the molecule is Cc1ccnc(N2CC(Nc3ccccc3)C2)c1[N+](=O)[O-]. The molecule has 0 atom stereocenters. The van der Waals surface area contributed by atoms with Gasteiger partial charge in [0.15, 0.2) is 0 Å². The van der Waals surface area contributed by atoms with Crippen molar-refractivity contribution < 1.29 is 4.92 Å². The lowest BCUT2D eigenvalue weighted by molar-refractivity contribution is -0.385. The quantitative estimate of drug-likeness (QED) is 0.690. The highest BCUT2D eigenvalue weighted by molar-refractivity contribution is 5.63. The molecule has 0 amide bonds. The Balaban J connectivity index is 1.69. The van der Waals surface area contributed by atoms with E-state index >= 15 is 0 Å². The minimum absolute atomic E-state index is 0.107. The second kappa shape index (κ2) is 5.40. The van der Waals surface area contributed by atoms with Gasteiger partial charge in [0.1, 0.15) is 0 Å². The molecule has 1 aromatic heterocycles. The summed E-state index contributed by atoms with van der Waals surface area (Å²) in [6.07, 6.45) is 1.62. The molecule has 1 aromatic carbocycles. The Labute approximate surface area is 122 Å². The van der Waals surface area contributed by atoms with E-state index in [0.29, 0.717) is 24.5 Å². The molecule has 0 aliphatic carbocycles. The summed E-state index contributed by atoms with van der Waals surface area (Å²) in [5.74, 6) is 0.464. The van der Waals surface area contributed by atoms with Gasteiger partial charge in [0.2, 0.25) is 5.82 Å². The number of nitrogens with one attached hydrogen (secondary N) is 1. The zero-order valence-electron chi connectivity index (χ0n) is 11.7. The molecule has 108 valence electrons. The Morgan fingerprint density at radius 2 is 2.00 bits per heavy atom. The first-order valence-electron chi connectivity index (χ1n) is 6.81. The Kier molecular flexibility index (Phi) is 3.43. The van der Waals surface area contributed by atoms with Crippen LogP contribution < -0.4 is 10.2 Å². The van der Waals surface area contributed by atoms with Gasteiger partial charge in [0.25, 0.3) is 0 Å². The van der Waals surface area contributed by atoms with Crippen LogP contribution in [0.1, 0.15) is 5.56 Å². The summed E-state index contributed by atoms with van der Waals surface area (Å²) in [6, 6.07) is 11.9. The molecule has 1 aliphatic rings. The fourth-order valence-corrected chi connectivity index (χ4v) is 2.51. The predicted molar refractivity (Wildman–Crippen MR) is 81.7 cm³/mol. The predicted octanol–water partition coefficient (Wildman–Crippen LogP) is 2.60. The minimum Gasteiger partial charge on any atom is -0.379 e. The van der Waals surface area contributed by atoms with Gasteiger partial charge in [-0.2, -0.15) is 0 Å². The molecule has 6 nitrogen and oxygen atoms in total. The van der Waals surface area contributed by atoms with Gasteiger partial charge in [-0.15, -0.1) is 0 Å². The van der Waals surface area contributed by atoms with E-state index in [2.05, 4.69) is 10.3 Å². The summed E-state index contributed by atoms with van der Waals surface area (Å²) in [5, 5.41) is 14.6. The second-order valence-electron chi connectivity index (χ2n) is 5.17. The van der Waals surface area contributed by atoms with Crippen LogP contribution in [-0.2, 0) is 0 Å². The number of hydrogen-bond donors (Lipinski definition) is 1. The molecule has 0 spiro atoms. The number of rotatable bonds is 4. The highest BCUT2D eigenvalue weighted by Gasteiger charge is 2.33. The van der Waals surface area contributed by atoms with Crippen LogP contribution >= 0.6 is 0 Å². The molecule has 2 heterocycles. The zero-order chi connectivity index (χ0) is 14.8. The molecule has 6 heteroatoms. The van der Waals surface area contributed by atoms with Crippen molar-refractivity contribution in [3.8, 4) is 0 Å². The summed E-state index contributed by atoms with van der Waals surface area (Å²) < 4.78 is 0. The highest BCUT2D eigenvalue weighted by Crippen LogP contribution is 2.32. The van der Waals surface area contributed by atoms with E-state index in [1.807, 2.05) is 35.2 Å². The third-order valence-electron chi connectivity index (χ3n) is 3.61. The lowest BCUT2D eigenvalue weighted by Crippen LogP contribution is -2.55. The topological polar surface area (TPSA) is 71.3 Å². The molecule has 2 aromatic rings. The molecule has 0 saturated carbocycles. The van der Waals surface area contributed by atoms with Gasteiger partial charge in [-0.05, 0) is 25.1 Å². The van der Waals surface area contributed by atoms with Crippen LogP contribution in [0.25, 0.3) is 0 Å². The third-order valence-corrected chi connectivity index (χ3v) is 3.61. The van der Waals surface area contributed by atoms with Crippen LogP contribution in [0.3, 0.4) is 0 Å². The Bertz CT molecular complexity index is 654. The van der Waals surface area contributed by atoms with Crippen LogP contribution in [0.15, 0.2) is 42.6 Å². The number of pyridine rings is 1. The standard InChI is InChI=1S/C15H16N4O2/c1-11-7-8-16-15(14(11)19(20)21)18-9-13(10-18)17-12-5-3-2-4-6-12/h2-8,13,17H,9-10H2,1H3. The van der Waals surface area contributed by atoms with Gasteiger partial charge < -0.3 is 10.2 Å². The smallest absolute Gasteiger partial charge is 0.314 e. The number of anilines is 2. The molecule has 1 aliphatic heterocycles. The zero-order valence-corrected chi connectivity index (χ0v) is 11.7. The van der Waals surface area contributed by atoms with E-state index in [9.17, 15) is 10.1 Å². The summed E-state index contributed by atoms with van der Waals surface area (Å²) in [5.41, 5.74) is 1.81. The number of aromatic nitrogens is 1. The first-order valence-corrected chi connectivity index (χ1v) is 6.81. The fraction of sp³-hybridized carbons (Fsp3) is 0.267. The summed E-state index contributed by atoms with van der Waals surface area (Å²) >= 11 is 0. The van der Waals surface area contributed by atoms with Crippen molar-refractivity contribution in [1.29, 1.82) is 0 Å². The van der Waals surface area contributed by atoms with Crippen molar-refractivity contribution >= 4 is 17.2 Å². The van der Waals surface area contributed by atoms with Crippen molar-refractivity contribution in [2.24, 2.45) is 0 Å². The summed E-state index contributed by atoms with van der Waals surface area (Å²) in [6.45, 7) is 3.17. The summed E-state index contributed by atoms with van der Waals surface area (Å²) in [4.78, 5) is 16.9. The molecular weight excluding hydrogens is 268 g/mol. The lowest BCUT2D eigenvalue weighted by atomic mass is 10.1. The summed E-state index contributed by atoms with van der Waals surface area (Å²) in [7, 11) is 0. The fourth-order valence-electron chi connectivity index (χ4n) is 2.51. The molecular formula is C15H16N4O2. The van der Waals surface area contributed by atoms with E-state index in [1.165, 1.54) is 0 Å². The van der Waals surface area contributed by atoms with E-state index in [-0.39, 0.29) is 16.7 Å². The molecule has 1 fully saturated rings. The van der Waals surface area contributed by atoms with Gasteiger partial charge in [-0.1, -0.05) is 18.2 Å². The molecule has 0 bridgehead atoms. The highest BCUT2D eigenvalue weighted by atomic mass is 16.6. The van der Waals surface area contributed by atoms with Crippen LogP contribution in [0.5, 0.6) is 0 Å². The van der Waals surface area contributed by atoms with Crippen molar-refractivity contribution in [2.45, 2.75) is 13.0 Å². The van der Waals surface area contributed by atoms with Gasteiger partial charge in [0, 0.05) is 30.5 Å². The molecule has 1 saturated heterocycles. The Morgan fingerprint density at radius 3 is 2.67 bits per heavy atom. The van der Waals surface area contributed by atoms with Crippen LogP contribution in [0.4, 0.5) is 17.2 Å². The molecule has 0 radical (unpaired) electrons. The molecule has 3 rings (SSSR count). The number of aryl methyl sites for hydroxylation is 1. The van der Waals surface area contributed by atoms with Gasteiger partial charge in [-0.3, -0.25) is 10.1 Å². The monoisotopic (exact) mass is 284 g/mol. The van der Waals surface area contributed by atoms with E-state index in [0.717, 1.165) is 5.69 Å². The average Bonchev–Trinajstić information content (AvgIpc) is 2.43. The number of para-hydroxylation sites is 1. The maximum absolute atomic E-state index is 11.2. The average molecular weight is 284 g/mol. The minimum atomic E-state index is -0.352. The van der Waals surface area contributed by atoms with Gasteiger partial charge in [0.05, 0.1) is 11.0 Å². The Morgan fingerprint density at radius 1 is 1.29 bits per heavy atom. The van der Waals surface area contributed by atoms with Crippen LogP contribution in [0, 0.1) is 17.0 Å². The van der Waals surface area contributed by atoms with Gasteiger partial charge in [-0.25, -0.2) is 4.98 Å². The molecule has 1 N–H and O–H groups in total. The molecule has 21 heavy (non-hydrogen) atoms. The first kappa shape index (κ1) is 13.4. The number of nitrogens with zero attached hydrogens (tertiary/aromatic N) is 3. The lowest BCUT2D eigenvalue weighted by Gasteiger charge is -2.40. The first-order chi connectivity index (χ1) is 10.1. The van der Waals surface area contributed by atoms with E-state index in [4.69, 9.17) is 0 Å². The van der Waals surface area contributed by atoms with Gasteiger partial charge >= 0.3 is 5.69 Å². The van der Waals surface area contributed by atoms with Crippen molar-refractivity contribution in [3.63, 3.8) is 0 Å². The van der Waals surface area contributed by atoms with Crippen molar-refractivity contribution in [1.82, 2.24) is 4.98 Å². The van der Waals surface area contributed by atoms with Crippen LogP contribution in [0.2, 0.25) is 0 Å². The number of benzene rings is 1. The maximum atomic E-state index is 11.2. The van der Waals surface area contributed by atoms with E-state index < -0.39 is 0 Å². The second-order valence-corrected chi connectivity index (χ2v) is 5.17. The largest absolute Gasteiger partial charge is 0.379 e. The number of hydrogen-bond acceptors (Lipinski definition) is 5. The third kappa shape index (κ3) is 2.65. The maximum Gasteiger partial charge on any atom is 0.314 e. The molecule has 0 unspecified atom stereocenters.